The van der Waals surface area contributed by atoms with Gasteiger partial charge in [0.1, 0.15) is 6.33 Å². The van der Waals surface area contributed by atoms with Crippen molar-refractivity contribution in [3.8, 4) is 0 Å². The molecule has 0 saturated heterocycles. The van der Waals surface area contributed by atoms with Crippen LogP contribution in [0.4, 0.5) is 4.79 Å². The zero-order valence-electron chi connectivity index (χ0n) is 13.2. The second kappa shape index (κ2) is 6.20. The van der Waals surface area contributed by atoms with Gasteiger partial charge in [-0.15, -0.1) is 10.2 Å². The lowest BCUT2D eigenvalue weighted by Crippen LogP contribution is -2.41. The van der Waals surface area contributed by atoms with Crippen LogP contribution < -0.4 is 10.6 Å². The first-order valence-electron chi connectivity index (χ1n) is 7.64. The van der Waals surface area contributed by atoms with Crippen LogP contribution >= 0.6 is 11.6 Å². The van der Waals surface area contributed by atoms with E-state index in [2.05, 4.69) is 20.8 Å². The molecule has 1 atom stereocenters. The van der Waals surface area contributed by atoms with E-state index in [-0.39, 0.29) is 17.5 Å². The van der Waals surface area contributed by atoms with E-state index in [4.69, 9.17) is 11.6 Å². The summed E-state index contributed by atoms with van der Waals surface area (Å²) in [5, 5.41) is 14.4. The summed E-state index contributed by atoms with van der Waals surface area (Å²) in [6, 6.07) is 7.48. The van der Waals surface area contributed by atoms with Crippen molar-refractivity contribution in [2.75, 3.05) is 6.54 Å². The van der Waals surface area contributed by atoms with E-state index in [0.29, 0.717) is 6.54 Å². The first kappa shape index (κ1) is 15.8. The van der Waals surface area contributed by atoms with Crippen LogP contribution in [0.5, 0.6) is 0 Å². The molecule has 1 saturated carbocycles. The molecule has 3 rings (SSSR count). The Morgan fingerprint density at radius 2 is 2.09 bits per heavy atom. The smallest absolute Gasteiger partial charge is 0.315 e. The highest BCUT2D eigenvalue weighted by molar-refractivity contribution is 6.30. The molecule has 1 aliphatic rings. The van der Waals surface area contributed by atoms with Crippen LogP contribution in [0, 0.1) is 0 Å². The lowest BCUT2D eigenvalue weighted by atomic mass is 9.96. The van der Waals surface area contributed by atoms with E-state index >= 15 is 0 Å². The van der Waals surface area contributed by atoms with Gasteiger partial charge >= 0.3 is 6.03 Å². The van der Waals surface area contributed by atoms with Crippen LogP contribution in [0.25, 0.3) is 0 Å². The minimum atomic E-state index is -0.201. The maximum atomic E-state index is 12.1. The molecule has 0 aliphatic heterocycles. The van der Waals surface area contributed by atoms with Crippen LogP contribution in [0.1, 0.15) is 37.2 Å². The third-order valence-electron chi connectivity index (χ3n) is 4.38. The molecule has 23 heavy (non-hydrogen) atoms. The summed E-state index contributed by atoms with van der Waals surface area (Å²) in [4.78, 5) is 12.1. The number of nitrogens with zero attached hydrogens (tertiary/aromatic N) is 3. The Morgan fingerprint density at radius 1 is 1.39 bits per heavy atom. The average Bonchev–Trinajstić information content (AvgIpc) is 3.20. The summed E-state index contributed by atoms with van der Waals surface area (Å²) in [7, 11) is 1.85. The molecule has 0 radical (unpaired) electrons. The number of aryl methyl sites for hydroxylation is 1. The molecule has 2 N–H and O–H groups in total. The number of carbonyl (C=O) groups is 1. The van der Waals surface area contributed by atoms with Crippen LogP contribution in [-0.4, -0.2) is 27.3 Å². The highest BCUT2D eigenvalue weighted by atomic mass is 35.5. The molecule has 122 valence electrons. The van der Waals surface area contributed by atoms with Gasteiger partial charge in [0.15, 0.2) is 5.82 Å². The number of carbonyl (C=O) groups excluding carboxylic acids is 1. The zero-order valence-corrected chi connectivity index (χ0v) is 14.0. The van der Waals surface area contributed by atoms with Crippen molar-refractivity contribution in [3.63, 3.8) is 0 Å². The fraction of sp³-hybridized carbons (Fsp3) is 0.438. The highest BCUT2D eigenvalue weighted by Gasteiger charge is 2.44. The Morgan fingerprint density at radius 3 is 2.65 bits per heavy atom. The second-order valence-electron chi connectivity index (χ2n) is 6.14. The average molecular weight is 334 g/mol. The fourth-order valence-corrected chi connectivity index (χ4v) is 2.89. The lowest BCUT2D eigenvalue weighted by molar-refractivity contribution is 0.236. The van der Waals surface area contributed by atoms with Crippen molar-refractivity contribution >= 4 is 17.6 Å². The minimum Gasteiger partial charge on any atom is -0.337 e. The van der Waals surface area contributed by atoms with Gasteiger partial charge in [-0.3, -0.25) is 0 Å². The normalized spacial score (nSPS) is 16.7. The molecule has 0 unspecified atom stereocenters. The highest BCUT2D eigenvalue weighted by Crippen LogP contribution is 2.47. The van der Waals surface area contributed by atoms with Crippen LogP contribution in [0.2, 0.25) is 5.02 Å². The maximum absolute atomic E-state index is 12.1. The number of amides is 2. The summed E-state index contributed by atoms with van der Waals surface area (Å²) < 4.78 is 1.79. The number of rotatable bonds is 5. The number of halogens is 1. The molecule has 2 amide bonds. The third-order valence-corrected chi connectivity index (χ3v) is 4.63. The van der Waals surface area contributed by atoms with E-state index in [0.717, 1.165) is 23.7 Å². The van der Waals surface area contributed by atoms with Crippen molar-refractivity contribution in [2.24, 2.45) is 7.05 Å². The topological polar surface area (TPSA) is 71.8 Å². The fourth-order valence-electron chi connectivity index (χ4n) is 2.77. The molecule has 0 spiro atoms. The molecule has 1 aliphatic carbocycles. The Kier molecular flexibility index (Phi) is 4.26. The molecule has 1 aromatic heterocycles. The number of aromatic nitrogens is 3. The molecule has 1 heterocycles. The van der Waals surface area contributed by atoms with Gasteiger partial charge in [-0.1, -0.05) is 23.7 Å². The number of hydrogen-bond acceptors (Lipinski definition) is 3. The summed E-state index contributed by atoms with van der Waals surface area (Å²) in [5.41, 5.74) is 1.28. The molecule has 1 fully saturated rings. The van der Waals surface area contributed by atoms with Crippen molar-refractivity contribution in [1.29, 1.82) is 0 Å². The number of benzene rings is 1. The van der Waals surface area contributed by atoms with Crippen molar-refractivity contribution in [1.82, 2.24) is 25.4 Å². The minimum absolute atomic E-state index is 0.0515. The molecule has 7 heteroatoms. The quantitative estimate of drug-likeness (QED) is 0.883. The predicted molar refractivity (Wildman–Crippen MR) is 88.3 cm³/mol. The van der Waals surface area contributed by atoms with E-state index in [1.54, 1.807) is 10.9 Å². The van der Waals surface area contributed by atoms with Crippen LogP contribution in [0.15, 0.2) is 30.6 Å². The monoisotopic (exact) mass is 333 g/mol. The van der Waals surface area contributed by atoms with Crippen LogP contribution in [-0.2, 0) is 12.5 Å². The summed E-state index contributed by atoms with van der Waals surface area (Å²) >= 11 is 5.94. The summed E-state index contributed by atoms with van der Waals surface area (Å²) in [5.74, 6) is 0.721. The summed E-state index contributed by atoms with van der Waals surface area (Å²) in [6.45, 7) is 2.50. The largest absolute Gasteiger partial charge is 0.337 e. The predicted octanol–water partition coefficient (Wildman–Crippen LogP) is 2.56. The van der Waals surface area contributed by atoms with E-state index < -0.39 is 0 Å². The number of urea groups is 1. The SMILES string of the molecule is C[C@@H](NC(=O)NCC1(c2ccc(Cl)cc2)CC1)c1nncn1C. The first-order chi connectivity index (χ1) is 11.0. The van der Waals surface area contributed by atoms with Gasteiger partial charge in [-0.2, -0.15) is 0 Å². The van der Waals surface area contributed by atoms with Gasteiger partial charge in [0.05, 0.1) is 6.04 Å². The molecule has 0 bridgehead atoms. The van der Waals surface area contributed by atoms with Gasteiger partial charge in [0.2, 0.25) is 0 Å². The first-order valence-corrected chi connectivity index (χ1v) is 8.02. The van der Waals surface area contributed by atoms with Gasteiger partial charge in [-0.05, 0) is 37.5 Å². The van der Waals surface area contributed by atoms with Gasteiger partial charge in [0.25, 0.3) is 0 Å². The molecule has 1 aromatic carbocycles. The Balaban J connectivity index is 1.55. The van der Waals surface area contributed by atoms with Crippen molar-refractivity contribution in [3.05, 3.63) is 47.0 Å². The van der Waals surface area contributed by atoms with Gasteiger partial charge in [0, 0.05) is 24.0 Å². The standard InChI is InChI=1S/C16H20ClN5O/c1-11(14-21-19-10-22(14)2)20-15(23)18-9-16(7-8-16)12-3-5-13(17)6-4-12/h3-6,10-11H,7-9H2,1-2H3,(H2,18,20,23)/t11-/m1/s1. The molecule has 2 aromatic rings. The molecule has 6 nitrogen and oxygen atoms in total. The van der Waals surface area contributed by atoms with E-state index in [1.165, 1.54) is 5.56 Å². The van der Waals surface area contributed by atoms with Gasteiger partial charge < -0.3 is 15.2 Å². The summed E-state index contributed by atoms with van der Waals surface area (Å²) in [6.07, 6.45) is 3.77. The zero-order chi connectivity index (χ0) is 16.4. The second-order valence-corrected chi connectivity index (χ2v) is 6.57. The van der Waals surface area contributed by atoms with Crippen LogP contribution in [0.3, 0.4) is 0 Å². The van der Waals surface area contributed by atoms with E-state index in [9.17, 15) is 4.79 Å². The Hall–Kier alpha value is -2.08. The van der Waals surface area contributed by atoms with E-state index in [1.807, 2.05) is 38.2 Å². The molecular formula is C16H20ClN5O. The van der Waals surface area contributed by atoms with Crippen molar-refractivity contribution < 1.29 is 4.79 Å². The Bertz CT molecular complexity index is 693. The van der Waals surface area contributed by atoms with Crippen molar-refractivity contribution in [2.45, 2.75) is 31.2 Å². The Labute approximate surface area is 140 Å². The van der Waals surface area contributed by atoms with Gasteiger partial charge in [-0.25, -0.2) is 4.79 Å². The number of nitrogens with one attached hydrogen (secondary N) is 2. The number of hydrogen-bond donors (Lipinski definition) is 2. The molecular weight excluding hydrogens is 314 g/mol. The maximum Gasteiger partial charge on any atom is 0.315 e. The third kappa shape index (κ3) is 3.47. The lowest BCUT2D eigenvalue weighted by Gasteiger charge is -2.19.